The Kier molecular flexibility index (Phi) is 6.04. The van der Waals surface area contributed by atoms with Gasteiger partial charge in [-0.05, 0) is 49.7 Å². The van der Waals surface area contributed by atoms with Crippen LogP contribution in [0, 0.1) is 0 Å². The quantitative estimate of drug-likeness (QED) is 0.726. The SMILES string of the molecule is CCO[C@@](C)(CC(=O)O)c1ccc(O[Si](C)(C)C(C)(C)C)cc1. The molecular formula is C18H30O4Si. The minimum Gasteiger partial charge on any atom is -0.544 e. The van der Waals surface area contributed by atoms with E-state index in [2.05, 4.69) is 33.9 Å². The molecule has 0 radical (unpaired) electrons. The third-order valence-electron chi connectivity index (χ3n) is 4.60. The molecule has 0 aromatic heterocycles. The van der Waals surface area contributed by atoms with Gasteiger partial charge < -0.3 is 14.3 Å². The van der Waals surface area contributed by atoms with Crippen LogP contribution in [0.3, 0.4) is 0 Å². The van der Waals surface area contributed by atoms with Gasteiger partial charge in [0.2, 0.25) is 8.32 Å². The summed E-state index contributed by atoms with van der Waals surface area (Å²) in [6.07, 6.45) is -0.0662. The van der Waals surface area contributed by atoms with Crippen LogP contribution in [0.15, 0.2) is 24.3 Å². The lowest BCUT2D eigenvalue weighted by Crippen LogP contribution is -2.43. The van der Waals surface area contributed by atoms with E-state index in [9.17, 15) is 4.79 Å². The van der Waals surface area contributed by atoms with Gasteiger partial charge in [0.25, 0.3) is 0 Å². The fourth-order valence-electron chi connectivity index (χ4n) is 2.17. The maximum absolute atomic E-state index is 11.1. The van der Waals surface area contributed by atoms with Crippen LogP contribution in [0.4, 0.5) is 0 Å². The molecule has 0 saturated heterocycles. The molecule has 0 bridgehead atoms. The molecule has 23 heavy (non-hydrogen) atoms. The van der Waals surface area contributed by atoms with E-state index < -0.39 is 19.9 Å². The van der Waals surface area contributed by atoms with E-state index in [1.54, 1.807) is 0 Å². The van der Waals surface area contributed by atoms with Crippen LogP contribution in [-0.2, 0) is 15.1 Å². The number of ether oxygens (including phenoxy) is 1. The summed E-state index contributed by atoms with van der Waals surface area (Å²) in [6.45, 7) is 15.2. The average Bonchev–Trinajstić information content (AvgIpc) is 2.36. The Hall–Kier alpha value is -1.33. The molecule has 0 heterocycles. The van der Waals surface area contributed by atoms with Gasteiger partial charge in [-0.1, -0.05) is 32.9 Å². The highest BCUT2D eigenvalue weighted by molar-refractivity contribution is 6.74. The van der Waals surface area contributed by atoms with Gasteiger partial charge in [-0.3, -0.25) is 4.79 Å². The summed E-state index contributed by atoms with van der Waals surface area (Å²) in [4.78, 5) is 11.1. The van der Waals surface area contributed by atoms with Crippen molar-refractivity contribution in [2.45, 2.75) is 64.8 Å². The zero-order chi connectivity index (χ0) is 17.9. The van der Waals surface area contributed by atoms with Crippen molar-refractivity contribution >= 4 is 14.3 Å². The summed E-state index contributed by atoms with van der Waals surface area (Å²) in [6, 6.07) is 7.63. The van der Waals surface area contributed by atoms with E-state index in [-0.39, 0.29) is 11.5 Å². The minimum absolute atomic E-state index is 0.0662. The summed E-state index contributed by atoms with van der Waals surface area (Å²) >= 11 is 0. The Labute approximate surface area is 140 Å². The number of rotatable bonds is 7. The molecule has 0 aliphatic rings. The largest absolute Gasteiger partial charge is 0.544 e. The third kappa shape index (κ3) is 5.08. The zero-order valence-corrected chi connectivity index (χ0v) is 16.4. The average molecular weight is 339 g/mol. The maximum atomic E-state index is 11.1. The van der Waals surface area contributed by atoms with Crippen LogP contribution in [-0.4, -0.2) is 26.0 Å². The molecule has 0 fully saturated rings. The van der Waals surface area contributed by atoms with Gasteiger partial charge in [0, 0.05) is 6.61 Å². The number of hydrogen-bond acceptors (Lipinski definition) is 3. The van der Waals surface area contributed by atoms with Crippen molar-refractivity contribution < 1.29 is 19.1 Å². The van der Waals surface area contributed by atoms with Crippen LogP contribution < -0.4 is 4.43 Å². The molecule has 1 atom stereocenters. The Bertz CT molecular complexity index is 531. The van der Waals surface area contributed by atoms with E-state index in [4.69, 9.17) is 14.3 Å². The van der Waals surface area contributed by atoms with Gasteiger partial charge in [-0.15, -0.1) is 0 Å². The summed E-state index contributed by atoms with van der Waals surface area (Å²) < 4.78 is 12.0. The first-order valence-electron chi connectivity index (χ1n) is 8.06. The van der Waals surface area contributed by atoms with Gasteiger partial charge in [-0.25, -0.2) is 0 Å². The number of benzene rings is 1. The molecule has 5 heteroatoms. The van der Waals surface area contributed by atoms with Crippen LogP contribution in [0.25, 0.3) is 0 Å². The summed E-state index contributed by atoms with van der Waals surface area (Å²) in [5, 5.41) is 9.27. The van der Waals surface area contributed by atoms with Crippen molar-refractivity contribution in [1.29, 1.82) is 0 Å². The van der Waals surface area contributed by atoms with Gasteiger partial charge in [0.05, 0.1) is 6.42 Å². The lowest BCUT2D eigenvalue weighted by atomic mass is 9.92. The Morgan fingerprint density at radius 3 is 2.04 bits per heavy atom. The molecule has 1 rings (SSSR count). The van der Waals surface area contributed by atoms with Gasteiger partial charge in [0.1, 0.15) is 11.4 Å². The monoisotopic (exact) mass is 338 g/mol. The molecular weight excluding hydrogens is 308 g/mol. The smallest absolute Gasteiger partial charge is 0.306 e. The van der Waals surface area contributed by atoms with E-state index >= 15 is 0 Å². The summed E-state index contributed by atoms with van der Waals surface area (Å²) in [7, 11) is -1.88. The molecule has 0 saturated carbocycles. The van der Waals surface area contributed by atoms with Crippen molar-refractivity contribution in [2.75, 3.05) is 6.61 Å². The van der Waals surface area contributed by atoms with E-state index in [1.807, 2.05) is 38.1 Å². The molecule has 0 unspecified atom stereocenters. The second kappa shape index (κ2) is 7.05. The highest BCUT2D eigenvalue weighted by Crippen LogP contribution is 2.38. The molecule has 4 nitrogen and oxygen atoms in total. The van der Waals surface area contributed by atoms with E-state index in [1.165, 1.54) is 0 Å². The van der Waals surface area contributed by atoms with Crippen LogP contribution >= 0.6 is 0 Å². The standard InChI is InChI=1S/C18H30O4Si/c1-8-21-18(5,13-16(19)20)14-9-11-15(12-10-14)22-23(6,7)17(2,3)4/h9-12H,8,13H2,1-7H3,(H,19,20)/t18-/m0/s1. The number of hydrogen-bond donors (Lipinski definition) is 1. The van der Waals surface area contributed by atoms with Crippen LogP contribution in [0.1, 0.15) is 46.6 Å². The number of carbonyl (C=O) groups is 1. The second-order valence-corrected chi connectivity index (χ2v) is 12.3. The lowest BCUT2D eigenvalue weighted by Gasteiger charge is -2.36. The van der Waals surface area contributed by atoms with Gasteiger partial charge in [0.15, 0.2) is 0 Å². The summed E-state index contributed by atoms with van der Waals surface area (Å²) in [5.74, 6) is -0.0444. The minimum atomic E-state index is -1.88. The molecule has 1 aromatic carbocycles. The topological polar surface area (TPSA) is 55.8 Å². The van der Waals surface area contributed by atoms with E-state index in [0.717, 1.165) is 11.3 Å². The van der Waals surface area contributed by atoms with Crippen LogP contribution in [0.5, 0.6) is 5.75 Å². The molecule has 0 aliphatic heterocycles. The highest BCUT2D eigenvalue weighted by Gasteiger charge is 2.39. The third-order valence-corrected chi connectivity index (χ3v) is 8.95. The Morgan fingerprint density at radius 2 is 1.65 bits per heavy atom. The zero-order valence-electron chi connectivity index (χ0n) is 15.4. The highest BCUT2D eigenvalue weighted by atomic mass is 28.4. The normalized spacial score (nSPS) is 15.1. The maximum Gasteiger partial charge on any atom is 0.306 e. The van der Waals surface area contributed by atoms with E-state index in [0.29, 0.717) is 6.61 Å². The molecule has 1 N–H and O–H groups in total. The number of carboxylic acid groups (broad SMARTS) is 1. The number of aliphatic carboxylic acids is 1. The van der Waals surface area contributed by atoms with Crippen molar-refractivity contribution in [3.05, 3.63) is 29.8 Å². The number of carboxylic acids is 1. The Morgan fingerprint density at radius 1 is 1.13 bits per heavy atom. The van der Waals surface area contributed by atoms with Crippen LogP contribution in [0.2, 0.25) is 18.1 Å². The fourth-order valence-corrected chi connectivity index (χ4v) is 3.20. The first kappa shape index (κ1) is 19.7. The second-order valence-electron chi connectivity index (χ2n) is 7.62. The lowest BCUT2D eigenvalue weighted by molar-refractivity contribution is -0.145. The predicted molar refractivity (Wildman–Crippen MR) is 95.5 cm³/mol. The first-order chi connectivity index (χ1) is 10.4. The predicted octanol–water partition coefficient (Wildman–Crippen LogP) is 4.80. The van der Waals surface area contributed by atoms with Crippen molar-refractivity contribution in [1.82, 2.24) is 0 Å². The Balaban J connectivity index is 3.00. The molecule has 0 spiro atoms. The van der Waals surface area contributed by atoms with Gasteiger partial charge >= 0.3 is 5.97 Å². The molecule has 0 amide bonds. The van der Waals surface area contributed by atoms with Crippen molar-refractivity contribution in [3.8, 4) is 5.75 Å². The molecule has 1 aromatic rings. The fraction of sp³-hybridized carbons (Fsp3) is 0.611. The van der Waals surface area contributed by atoms with Crippen molar-refractivity contribution in [3.63, 3.8) is 0 Å². The van der Waals surface area contributed by atoms with Gasteiger partial charge in [-0.2, -0.15) is 0 Å². The molecule has 130 valence electrons. The first-order valence-corrected chi connectivity index (χ1v) is 11.0. The van der Waals surface area contributed by atoms with Crippen molar-refractivity contribution in [2.24, 2.45) is 0 Å². The molecule has 0 aliphatic carbocycles. The summed E-state index contributed by atoms with van der Waals surface area (Å²) in [5.41, 5.74) is 0.0279.